The van der Waals surface area contributed by atoms with Crippen LogP contribution in [0, 0.1) is 5.92 Å². The van der Waals surface area contributed by atoms with E-state index < -0.39 is 0 Å². The molecule has 0 N–H and O–H groups in total. The van der Waals surface area contributed by atoms with Gasteiger partial charge in [-0.15, -0.1) is 0 Å². The summed E-state index contributed by atoms with van der Waals surface area (Å²) < 4.78 is 7.57. The molecule has 1 atom stereocenters. The first-order valence-corrected chi connectivity index (χ1v) is 8.78. The maximum absolute atomic E-state index is 12.8. The first kappa shape index (κ1) is 15.2. The minimum absolute atomic E-state index is 0.110. The zero-order valence-electron chi connectivity index (χ0n) is 14.0. The molecule has 1 amide bonds. The summed E-state index contributed by atoms with van der Waals surface area (Å²) in [4.78, 5) is 14.8. The Kier molecular flexibility index (Phi) is 4.00. The summed E-state index contributed by atoms with van der Waals surface area (Å²) in [6.45, 7) is 4.09. The lowest BCUT2D eigenvalue weighted by molar-refractivity contribution is 0.0480. The predicted molar refractivity (Wildman–Crippen MR) is 90.8 cm³/mol. The molecule has 4 rings (SSSR count). The van der Waals surface area contributed by atoms with E-state index in [4.69, 9.17) is 4.74 Å². The van der Waals surface area contributed by atoms with Crippen LogP contribution in [0.5, 0.6) is 5.75 Å². The first-order chi connectivity index (χ1) is 11.7. The Morgan fingerprint density at radius 2 is 2.04 bits per heavy atom. The van der Waals surface area contributed by atoms with Crippen molar-refractivity contribution in [2.75, 3.05) is 6.54 Å². The topological polar surface area (TPSA) is 47.4 Å². The highest BCUT2D eigenvalue weighted by molar-refractivity contribution is 5.93. The van der Waals surface area contributed by atoms with Crippen LogP contribution in [0.15, 0.2) is 36.4 Å². The molecule has 1 aromatic carbocycles. The number of ether oxygens (including phenoxy) is 1. The molecule has 0 saturated heterocycles. The van der Waals surface area contributed by atoms with Gasteiger partial charge in [0.25, 0.3) is 5.91 Å². The number of hydrogen-bond donors (Lipinski definition) is 0. The minimum atomic E-state index is 0.110. The third kappa shape index (κ3) is 2.79. The monoisotopic (exact) mass is 325 g/mol. The van der Waals surface area contributed by atoms with Crippen molar-refractivity contribution in [2.45, 2.75) is 45.4 Å². The maximum Gasteiger partial charge on any atom is 0.272 e. The molecule has 1 saturated carbocycles. The Hall–Kier alpha value is -2.30. The average Bonchev–Trinajstić information content (AvgIpc) is 2.97. The van der Waals surface area contributed by atoms with Gasteiger partial charge in [-0.05, 0) is 43.9 Å². The quantitative estimate of drug-likeness (QED) is 0.848. The first-order valence-electron chi connectivity index (χ1n) is 8.78. The van der Waals surface area contributed by atoms with Gasteiger partial charge in [-0.2, -0.15) is 5.10 Å². The molecule has 2 aromatic rings. The molecular weight excluding hydrogens is 302 g/mol. The standard InChI is InChI=1S/C19H23N3O2/c1-14(15-6-5-7-15)21-10-11-22-18(19(21)23)12-16(20-22)13-24-17-8-3-2-4-9-17/h2-4,8-9,12,14-15H,5-7,10-11,13H2,1H3. The highest BCUT2D eigenvalue weighted by atomic mass is 16.5. The lowest BCUT2D eigenvalue weighted by Crippen LogP contribution is -2.49. The fourth-order valence-electron chi connectivity index (χ4n) is 3.57. The van der Waals surface area contributed by atoms with Gasteiger partial charge in [0, 0.05) is 12.6 Å². The van der Waals surface area contributed by atoms with Gasteiger partial charge in [-0.25, -0.2) is 0 Å². The fourth-order valence-corrected chi connectivity index (χ4v) is 3.57. The van der Waals surface area contributed by atoms with Crippen LogP contribution in [-0.4, -0.2) is 33.2 Å². The van der Waals surface area contributed by atoms with Crippen molar-refractivity contribution in [3.05, 3.63) is 47.8 Å². The van der Waals surface area contributed by atoms with Gasteiger partial charge in [0.05, 0.1) is 6.54 Å². The van der Waals surface area contributed by atoms with Crippen molar-refractivity contribution in [3.8, 4) is 5.75 Å². The van der Waals surface area contributed by atoms with Crippen LogP contribution in [-0.2, 0) is 13.2 Å². The number of rotatable bonds is 5. The van der Waals surface area contributed by atoms with Gasteiger partial charge in [-0.3, -0.25) is 9.48 Å². The molecule has 0 spiro atoms. The molecule has 1 fully saturated rings. The van der Waals surface area contributed by atoms with E-state index in [0.717, 1.165) is 24.5 Å². The summed E-state index contributed by atoms with van der Waals surface area (Å²) >= 11 is 0. The van der Waals surface area contributed by atoms with Crippen molar-refractivity contribution in [1.82, 2.24) is 14.7 Å². The number of carbonyl (C=O) groups is 1. The van der Waals surface area contributed by atoms with Crippen LogP contribution < -0.4 is 4.74 Å². The SMILES string of the molecule is CC(C1CCC1)N1CCn2nc(COc3ccccc3)cc2C1=O. The van der Waals surface area contributed by atoms with Crippen molar-refractivity contribution >= 4 is 5.91 Å². The zero-order valence-corrected chi connectivity index (χ0v) is 14.0. The van der Waals surface area contributed by atoms with Crippen LogP contribution in [0.1, 0.15) is 42.4 Å². The van der Waals surface area contributed by atoms with E-state index in [1.54, 1.807) is 0 Å². The third-order valence-electron chi connectivity index (χ3n) is 5.32. The second-order valence-corrected chi connectivity index (χ2v) is 6.78. The number of benzene rings is 1. The molecule has 1 unspecified atom stereocenters. The van der Waals surface area contributed by atoms with Crippen LogP contribution in [0.25, 0.3) is 0 Å². The Bertz CT molecular complexity index is 721. The van der Waals surface area contributed by atoms with Gasteiger partial charge in [0.2, 0.25) is 0 Å². The molecule has 0 radical (unpaired) electrons. The highest BCUT2D eigenvalue weighted by Crippen LogP contribution is 2.33. The number of carbonyl (C=O) groups excluding carboxylic acids is 1. The minimum Gasteiger partial charge on any atom is -0.487 e. The van der Waals surface area contributed by atoms with Gasteiger partial charge in [0.1, 0.15) is 23.7 Å². The van der Waals surface area contributed by atoms with E-state index in [-0.39, 0.29) is 5.91 Å². The van der Waals surface area contributed by atoms with Crippen LogP contribution >= 0.6 is 0 Å². The second-order valence-electron chi connectivity index (χ2n) is 6.78. The van der Waals surface area contributed by atoms with E-state index in [1.807, 2.05) is 46.0 Å². The van der Waals surface area contributed by atoms with Gasteiger partial charge in [0.15, 0.2) is 0 Å². The molecule has 1 aliphatic carbocycles. The highest BCUT2D eigenvalue weighted by Gasteiger charge is 2.35. The lowest BCUT2D eigenvalue weighted by atomic mass is 9.79. The number of aromatic nitrogens is 2. The van der Waals surface area contributed by atoms with Crippen molar-refractivity contribution < 1.29 is 9.53 Å². The van der Waals surface area contributed by atoms with Gasteiger partial charge in [-0.1, -0.05) is 24.6 Å². The van der Waals surface area contributed by atoms with E-state index in [0.29, 0.717) is 24.3 Å². The average molecular weight is 325 g/mol. The summed E-state index contributed by atoms with van der Waals surface area (Å²) in [5, 5.41) is 4.53. The summed E-state index contributed by atoms with van der Waals surface area (Å²) in [6.07, 6.45) is 3.80. The second kappa shape index (κ2) is 6.30. The summed E-state index contributed by atoms with van der Waals surface area (Å²) in [5.41, 5.74) is 1.50. The molecule has 24 heavy (non-hydrogen) atoms. The normalized spacial score (nSPS) is 18.9. The molecule has 2 heterocycles. The number of hydrogen-bond acceptors (Lipinski definition) is 3. The molecule has 2 aliphatic rings. The molecule has 126 valence electrons. The van der Waals surface area contributed by atoms with Gasteiger partial charge >= 0.3 is 0 Å². The molecule has 1 aliphatic heterocycles. The maximum atomic E-state index is 12.8. The summed E-state index contributed by atoms with van der Waals surface area (Å²) in [7, 11) is 0. The van der Waals surface area contributed by atoms with Crippen LogP contribution in [0.3, 0.4) is 0 Å². The lowest BCUT2D eigenvalue weighted by Gasteiger charge is -2.40. The number of para-hydroxylation sites is 1. The number of amides is 1. The summed E-state index contributed by atoms with van der Waals surface area (Å²) in [5.74, 6) is 1.60. The number of fused-ring (bicyclic) bond motifs is 1. The largest absolute Gasteiger partial charge is 0.487 e. The smallest absolute Gasteiger partial charge is 0.272 e. The third-order valence-corrected chi connectivity index (χ3v) is 5.32. The zero-order chi connectivity index (χ0) is 16.5. The molecule has 1 aromatic heterocycles. The Morgan fingerprint density at radius 3 is 2.75 bits per heavy atom. The molecule has 5 nitrogen and oxygen atoms in total. The number of nitrogens with zero attached hydrogens (tertiary/aromatic N) is 3. The summed E-state index contributed by atoms with van der Waals surface area (Å²) in [6, 6.07) is 11.9. The van der Waals surface area contributed by atoms with Crippen molar-refractivity contribution in [1.29, 1.82) is 0 Å². The fraction of sp³-hybridized carbons (Fsp3) is 0.474. The Morgan fingerprint density at radius 1 is 1.25 bits per heavy atom. The van der Waals surface area contributed by atoms with Crippen LogP contribution in [0.4, 0.5) is 0 Å². The van der Waals surface area contributed by atoms with E-state index in [9.17, 15) is 4.79 Å². The van der Waals surface area contributed by atoms with E-state index >= 15 is 0 Å². The van der Waals surface area contributed by atoms with E-state index in [2.05, 4.69) is 12.0 Å². The molecule has 5 heteroatoms. The molecular formula is C19H23N3O2. The van der Waals surface area contributed by atoms with Crippen molar-refractivity contribution in [2.24, 2.45) is 5.92 Å². The van der Waals surface area contributed by atoms with E-state index in [1.165, 1.54) is 19.3 Å². The predicted octanol–water partition coefficient (Wildman–Crippen LogP) is 3.11. The Labute approximate surface area is 142 Å². The Balaban J connectivity index is 1.45. The molecule has 0 bridgehead atoms. The van der Waals surface area contributed by atoms with Gasteiger partial charge < -0.3 is 9.64 Å². The van der Waals surface area contributed by atoms with Crippen molar-refractivity contribution in [3.63, 3.8) is 0 Å². The van der Waals surface area contributed by atoms with Crippen LogP contribution in [0.2, 0.25) is 0 Å².